The highest BCUT2D eigenvalue weighted by atomic mass is 32.2. The van der Waals surface area contributed by atoms with E-state index in [0.29, 0.717) is 41.1 Å². The summed E-state index contributed by atoms with van der Waals surface area (Å²) in [5, 5.41) is -0.187. The van der Waals surface area contributed by atoms with Crippen LogP contribution in [-0.4, -0.2) is 55.0 Å². The van der Waals surface area contributed by atoms with Gasteiger partial charge in [0.1, 0.15) is 5.75 Å². The Labute approximate surface area is 185 Å². The van der Waals surface area contributed by atoms with Crippen LogP contribution in [0.3, 0.4) is 0 Å². The quantitative estimate of drug-likeness (QED) is 0.673. The molecule has 3 rings (SSSR count). The molecule has 0 saturated carbocycles. The predicted molar refractivity (Wildman–Crippen MR) is 120 cm³/mol. The number of benzene rings is 2. The van der Waals surface area contributed by atoms with Gasteiger partial charge in [0.05, 0.1) is 32.3 Å². The molecule has 0 radical (unpaired) electrons. The summed E-state index contributed by atoms with van der Waals surface area (Å²) in [6.07, 6.45) is 0.628. The molecule has 2 N–H and O–H groups in total. The van der Waals surface area contributed by atoms with E-state index in [4.69, 9.17) is 19.9 Å². The predicted octanol–water partition coefficient (Wildman–Crippen LogP) is 2.76. The van der Waals surface area contributed by atoms with Gasteiger partial charge in [-0.05, 0) is 48.4 Å². The van der Waals surface area contributed by atoms with Gasteiger partial charge in [-0.2, -0.15) is 0 Å². The number of nitrogens with two attached hydrogens (primary N) is 1. The smallest absolute Gasteiger partial charge is 0.231 e. The molecule has 1 heterocycles. The summed E-state index contributed by atoms with van der Waals surface area (Å²) < 4.78 is 15.8. The highest BCUT2D eigenvalue weighted by Crippen LogP contribution is 2.31. The first-order valence-electron chi connectivity index (χ1n) is 9.65. The van der Waals surface area contributed by atoms with Gasteiger partial charge in [0.25, 0.3) is 0 Å². The molecule has 2 aromatic rings. The van der Waals surface area contributed by atoms with E-state index in [0.717, 1.165) is 5.56 Å². The largest absolute Gasteiger partial charge is 0.497 e. The normalized spacial score (nSPS) is 17.5. The number of methoxy groups -OCH3 is 3. The van der Waals surface area contributed by atoms with Crippen LogP contribution in [-0.2, 0) is 16.0 Å². The van der Waals surface area contributed by atoms with Gasteiger partial charge in [-0.15, -0.1) is 0 Å². The number of primary amides is 1. The number of amidine groups is 1. The Bertz CT molecular complexity index is 978. The molecule has 1 aliphatic heterocycles. The lowest BCUT2D eigenvalue weighted by atomic mass is 10.1. The maximum Gasteiger partial charge on any atom is 0.231 e. The van der Waals surface area contributed by atoms with Crippen LogP contribution < -0.4 is 19.9 Å². The van der Waals surface area contributed by atoms with Gasteiger partial charge in [0.15, 0.2) is 16.7 Å². The topological polar surface area (TPSA) is 103 Å². The van der Waals surface area contributed by atoms with Crippen LogP contribution in [0.15, 0.2) is 47.5 Å². The lowest BCUT2D eigenvalue weighted by Gasteiger charge is -2.31. The molecule has 1 fully saturated rings. The minimum atomic E-state index is -0.637. The molecule has 0 bridgehead atoms. The molecule has 2 amide bonds. The molecule has 9 heteroatoms. The third-order valence-electron chi connectivity index (χ3n) is 4.83. The number of carbonyl (C=O) groups is 2. The molecule has 0 unspecified atom stereocenters. The monoisotopic (exact) mass is 443 g/mol. The average molecular weight is 444 g/mol. The molecular weight excluding hydrogens is 418 g/mol. The van der Waals surface area contributed by atoms with Crippen LogP contribution in [0.4, 0.5) is 5.69 Å². The first-order valence-corrected chi connectivity index (χ1v) is 10.5. The summed E-state index contributed by atoms with van der Waals surface area (Å²) >= 11 is 1.21. The van der Waals surface area contributed by atoms with Gasteiger partial charge in [-0.3, -0.25) is 14.5 Å². The van der Waals surface area contributed by atoms with Crippen molar-refractivity contribution in [3.63, 3.8) is 0 Å². The molecule has 1 atom stereocenters. The van der Waals surface area contributed by atoms with Crippen LogP contribution in [0, 0.1) is 0 Å². The second-order valence-corrected chi connectivity index (χ2v) is 7.96. The molecular formula is C22H25N3O5S. The van der Waals surface area contributed by atoms with E-state index >= 15 is 0 Å². The maximum atomic E-state index is 12.8. The van der Waals surface area contributed by atoms with Gasteiger partial charge >= 0.3 is 0 Å². The van der Waals surface area contributed by atoms with E-state index in [-0.39, 0.29) is 12.3 Å². The van der Waals surface area contributed by atoms with Crippen molar-refractivity contribution in [3.8, 4) is 17.2 Å². The number of hydrogen-bond acceptors (Lipinski definition) is 7. The molecule has 1 saturated heterocycles. The number of rotatable bonds is 8. The van der Waals surface area contributed by atoms with E-state index in [9.17, 15) is 9.59 Å². The number of aliphatic imine (C=N–C) groups is 1. The molecule has 2 aromatic carbocycles. The molecule has 0 aromatic heterocycles. The summed E-state index contributed by atoms with van der Waals surface area (Å²) in [4.78, 5) is 30.8. The molecule has 0 aliphatic carbocycles. The van der Waals surface area contributed by atoms with Gasteiger partial charge < -0.3 is 19.9 Å². The number of ether oxygens (including phenoxy) is 3. The fourth-order valence-corrected chi connectivity index (χ4v) is 4.19. The van der Waals surface area contributed by atoms with E-state index in [2.05, 4.69) is 4.99 Å². The number of carbonyl (C=O) groups excluding carboxylic acids is 2. The highest BCUT2D eigenvalue weighted by molar-refractivity contribution is 8.15. The van der Waals surface area contributed by atoms with Crippen molar-refractivity contribution in [3.05, 3.63) is 48.0 Å². The number of hydrogen-bond donors (Lipinski definition) is 1. The van der Waals surface area contributed by atoms with E-state index in [1.54, 1.807) is 50.5 Å². The zero-order valence-electron chi connectivity index (χ0n) is 17.7. The SMILES string of the molecule is COc1ccc(N=C2S[C@H](C(N)=O)CC(=O)N2CCc2ccc(OC)c(OC)c2)cc1. The Morgan fingerprint density at radius 3 is 2.42 bits per heavy atom. The van der Waals surface area contributed by atoms with Gasteiger partial charge in [-0.25, -0.2) is 4.99 Å². The lowest BCUT2D eigenvalue weighted by Crippen LogP contribution is -2.46. The minimum Gasteiger partial charge on any atom is -0.497 e. The maximum absolute atomic E-state index is 12.8. The van der Waals surface area contributed by atoms with Gasteiger partial charge in [0, 0.05) is 13.0 Å². The van der Waals surface area contributed by atoms with Crippen molar-refractivity contribution in [1.29, 1.82) is 0 Å². The average Bonchev–Trinajstić information content (AvgIpc) is 2.78. The number of nitrogens with zero attached hydrogens (tertiary/aromatic N) is 2. The Morgan fingerprint density at radius 2 is 1.81 bits per heavy atom. The fourth-order valence-electron chi connectivity index (χ4n) is 3.12. The first kappa shape index (κ1) is 22.5. The summed E-state index contributed by atoms with van der Waals surface area (Å²) in [5.74, 6) is 1.26. The minimum absolute atomic E-state index is 0.0492. The van der Waals surface area contributed by atoms with E-state index in [1.165, 1.54) is 11.8 Å². The number of amides is 2. The zero-order chi connectivity index (χ0) is 22.4. The summed E-state index contributed by atoms with van der Waals surface area (Å²) in [7, 11) is 4.75. The van der Waals surface area contributed by atoms with Crippen molar-refractivity contribution in [2.75, 3.05) is 27.9 Å². The van der Waals surface area contributed by atoms with Crippen LogP contribution in [0.2, 0.25) is 0 Å². The van der Waals surface area contributed by atoms with Crippen molar-refractivity contribution < 1.29 is 23.8 Å². The van der Waals surface area contributed by atoms with Crippen molar-refractivity contribution in [2.24, 2.45) is 10.7 Å². The standard InChI is InChI=1S/C22H25N3O5S/c1-28-16-7-5-15(6-8-16)24-22-25(20(26)13-19(31-22)21(23)27)11-10-14-4-9-17(29-2)18(12-14)30-3/h4-9,12,19H,10-11,13H2,1-3H3,(H2,23,27)/t19-/m0/s1. The Balaban J connectivity index is 1.83. The highest BCUT2D eigenvalue weighted by Gasteiger charge is 2.34. The molecule has 8 nitrogen and oxygen atoms in total. The Hall–Kier alpha value is -3.20. The molecule has 0 spiro atoms. The number of thioether (sulfide) groups is 1. The van der Waals surface area contributed by atoms with Gasteiger partial charge in [0.2, 0.25) is 11.8 Å². The second-order valence-electron chi connectivity index (χ2n) is 6.79. The Kier molecular flexibility index (Phi) is 7.41. The zero-order valence-corrected chi connectivity index (χ0v) is 18.5. The van der Waals surface area contributed by atoms with Crippen molar-refractivity contribution >= 4 is 34.4 Å². The van der Waals surface area contributed by atoms with Crippen molar-refractivity contribution in [2.45, 2.75) is 18.1 Å². The third kappa shape index (κ3) is 5.49. The van der Waals surface area contributed by atoms with E-state index in [1.807, 2.05) is 18.2 Å². The van der Waals surface area contributed by atoms with Crippen molar-refractivity contribution in [1.82, 2.24) is 4.90 Å². The second kappa shape index (κ2) is 10.2. The molecule has 1 aliphatic rings. The van der Waals surface area contributed by atoms with Crippen LogP contribution in [0.25, 0.3) is 0 Å². The van der Waals surface area contributed by atoms with Crippen LogP contribution in [0.1, 0.15) is 12.0 Å². The van der Waals surface area contributed by atoms with Crippen LogP contribution in [0.5, 0.6) is 17.2 Å². The Morgan fingerprint density at radius 1 is 1.10 bits per heavy atom. The summed E-state index contributed by atoms with van der Waals surface area (Å²) in [6.45, 7) is 0.405. The summed E-state index contributed by atoms with van der Waals surface area (Å²) in [6, 6.07) is 12.8. The van der Waals surface area contributed by atoms with E-state index < -0.39 is 11.2 Å². The first-order chi connectivity index (χ1) is 14.9. The van der Waals surface area contributed by atoms with Crippen LogP contribution >= 0.6 is 11.8 Å². The fraction of sp³-hybridized carbons (Fsp3) is 0.318. The third-order valence-corrected chi connectivity index (χ3v) is 6.03. The van der Waals surface area contributed by atoms with Gasteiger partial charge in [-0.1, -0.05) is 17.8 Å². The lowest BCUT2D eigenvalue weighted by molar-refractivity contribution is -0.129. The molecule has 31 heavy (non-hydrogen) atoms. The molecule has 164 valence electrons. The summed E-state index contributed by atoms with van der Waals surface area (Å²) in [5.41, 5.74) is 7.10.